The van der Waals surface area contributed by atoms with Gasteiger partial charge in [-0.15, -0.1) is 0 Å². The van der Waals surface area contributed by atoms with Gasteiger partial charge in [-0.1, -0.05) is 54.6 Å². The lowest BCUT2D eigenvalue weighted by Crippen LogP contribution is -1.91. The lowest BCUT2D eigenvalue weighted by atomic mass is 9.98. The molecule has 1 aliphatic carbocycles. The van der Waals surface area contributed by atoms with E-state index in [4.69, 9.17) is 11.6 Å². The highest BCUT2D eigenvalue weighted by atomic mass is 35.5. The van der Waals surface area contributed by atoms with Gasteiger partial charge >= 0.3 is 0 Å². The molecule has 0 aliphatic heterocycles. The van der Waals surface area contributed by atoms with Crippen molar-refractivity contribution < 1.29 is 5.11 Å². The Bertz CT molecular complexity index is 488. The van der Waals surface area contributed by atoms with Gasteiger partial charge in [-0.25, -0.2) is 0 Å². The van der Waals surface area contributed by atoms with Crippen molar-refractivity contribution >= 4 is 11.6 Å². The van der Waals surface area contributed by atoms with E-state index < -0.39 is 0 Å². The normalized spacial score (nSPS) is 22.8. The topological polar surface area (TPSA) is 20.2 Å². The summed E-state index contributed by atoms with van der Waals surface area (Å²) in [6.45, 7) is 3.62. The number of hydrogen-bond donors (Lipinski definition) is 1. The molecule has 1 N–H and O–H groups in total. The molecular weight excluding hydrogens is 244 g/mol. The predicted molar refractivity (Wildman–Crippen MR) is 76.9 cm³/mol. The third-order valence-corrected chi connectivity index (χ3v) is 3.51. The smallest absolute Gasteiger partial charge is 0.0799 e. The molecule has 1 aromatic rings. The maximum absolute atomic E-state index is 10.0. The fraction of sp³-hybridized carbons (Fsp3) is 0.250. The molecule has 0 spiro atoms. The van der Waals surface area contributed by atoms with Crippen LogP contribution in [-0.4, -0.2) is 5.11 Å². The summed E-state index contributed by atoms with van der Waals surface area (Å²) >= 11 is 5.95. The molecule has 2 rings (SSSR count). The molecule has 94 valence electrons. The Morgan fingerprint density at radius 2 is 2.11 bits per heavy atom. The van der Waals surface area contributed by atoms with E-state index in [1.165, 1.54) is 5.56 Å². The Hall–Kier alpha value is -1.31. The zero-order valence-electron chi connectivity index (χ0n) is 10.2. The summed E-state index contributed by atoms with van der Waals surface area (Å²) in [7, 11) is 0. The lowest BCUT2D eigenvalue weighted by Gasteiger charge is -2.07. The SMILES string of the molecule is C=C/C=C\C=C/CC1CC(O)c2cc(Cl)ccc21. The van der Waals surface area contributed by atoms with Crippen molar-refractivity contribution in [2.45, 2.75) is 24.9 Å². The first-order valence-corrected chi connectivity index (χ1v) is 6.52. The van der Waals surface area contributed by atoms with Crippen molar-refractivity contribution in [3.63, 3.8) is 0 Å². The quantitative estimate of drug-likeness (QED) is 0.788. The second-order valence-corrected chi connectivity index (χ2v) is 4.94. The van der Waals surface area contributed by atoms with Gasteiger partial charge in [0.1, 0.15) is 0 Å². The van der Waals surface area contributed by atoms with E-state index in [1.807, 2.05) is 36.4 Å². The van der Waals surface area contributed by atoms with Gasteiger partial charge in [0.2, 0.25) is 0 Å². The Balaban J connectivity index is 2.07. The van der Waals surface area contributed by atoms with Gasteiger partial charge in [-0.3, -0.25) is 0 Å². The van der Waals surface area contributed by atoms with Crippen molar-refractivity contribution in [1.82, 2.24) is 0 Å². The Labute approximate surface area is 113 Å². The molecule has 2 unspecified atom stereocenters. The van der Waals surface area contributed by atoms with Gasteiger partial charge in [-0.05, 0) is 42.0 Å². The van der Waals surface area contributed by atoms with Crippen LogP contribution in [0.1, 0.15) is 36.0 Å². The van der Waals surface area contributed by atoms with Crippen molar-refractivity contribution in [3.05, 3.63) is 71.3 Å². The number of benzene rings is 1. The monoisotopic (exact) mass is 260 g/mol. The van der Waals surface area contributed by atoms with Gasteiger partial charge < -0.3 is 5.11 Å². The Kier molecular flexibility index (Phi) is 4.40. The average Bonchev–Trinajstić information content (AvgIpc) is 2.66. The number of halogens is 1. The first kappa shape index (κ1) is 13.1. The number of rotatable bonds is 4. The molecule has 2 heteroatoms. The van der Waals surface area contributed by atoms with Crippen molar-refractivity contribution in [3.8, 4) is 0 Å². The van der Waals surface area contributed by atoms with Gasteiger partial charge in [0, 0.05) is 5.02 Å². The summed E-state index contributed by atoms with van der Waals surface area (Å²) in [5.41, 5.74) is 2.21. The Morgan fingerprint density at radius 1 is 1.28 bits per heavy atom. The second kappa shape index (κ2) is 6.03. The standard InChI is InChI=1S/C16H17ClO/c1-2-3-4-5-6-7-12-10-16(18)15-11-13(17)8-9-14(12)15/h2-6,8-9,11-12,16,18H,1,7,10H2/b4-3-,6-5-. The molecule has 2 atom stereocenters. The van der Waals surface area contributed by atoms with E-state index in [1.54, 1.807) is 6.08 Å². The van der Waals surface area contributed by atoms with Crippen LogP contribution in [0.3, 0.4) is 0 Å². The van der Waals surface area contributed by atoms with Crippen LogP contribution in [0.5, 0.6) is 0 Å². The van der Waals surface area contributed by atoms with Crippen molar-refractivity contribution in [2.75, 3.05) is 0 Å². The van der Waals surface area contributed by atoms with Crippen LogP contribution in [0.4, 0.5) is 0 Å². The third-order valence-electron chi connectivity index (χ3n) is 3.27. The maximum Gasteiger partial charge on any atom is 0.0799 e. The van der Waals surface area contributed by atoms with E-state index >= 15 is 0 Å². The molecule has 1 aliphatic rings. The molecule has 0 fully saturated rings. The first-order valence-electron chi connectivity index (χ1n) is 6.14. The molecule has 18 heavy (non-hydrogen) atoms. The van der Waals surface area contributed by atoms with Crippen LogP contribution in [0.25, 0.3) is 0 Å². The number of allylic oxidation sites excluding steroid dienone is 5. The minimum atomic E-state index is -0.374. The molecule has 0 bridgehead atoms. The highest BCUT2D eigenvalue weighted by Gasteiger charge is 2.28. The summed E-state index contributed by atoms with van der Waals surface area (Å²) in [6, 6.07) is 5.81. The van der Waals surface area contributed by atoms with Crippen molar-refractivity contribution in [1.29, 1.82) is 0 Å². The molecule has 0 radical (unpaired) electrons. The lowest BCUT2D eigenvalue weighted by molar-refractivity contribution is 0.173. The summed E-state index contributed by atoms with van der Waals surface area (Å²) < 4.78 is 0. The number of aliphatic hydroxyl groups is 1. The predicted octanol–water partition coefficient (Wildman–Crippen LogP) is 4.55. The summed E-state index contributed by atoms with van der Waals surface area (Å²) in [5.74, 6) is 0.389. The van der Waals surface area contributed by atoms with E-state index in [0.29, 0.717) is 10.9 Å². The van der Waals surface area contributed by atoms with E-state index in [0.717, 1.165) is 18.4 Å². The molecule has 0 saturated carbocycles. The molecule has 1 nitrogen and oxygen atoms in total. The minimum absolute atomic E-state index is 0.374. The first-order chi connectivity index (χ1) is 8.72. The summed E-state index contributed by atoms with van der Waals surface area (Å²) in [5, 5.41) is 10.7. The third kappa shape index (κ3) is 2.92. The fourth-order valence-corrected chi connectivity index (χ4v) is 2.60. The van der Waals surface area contributed by atoms with E-state index in [9.17, 15) is 5.11 Å². The maximum atomic E-state index is 10.0. The molecule has 0 saturated heterocycles. The number of aliphatic hydroxyl groups excluding tert-OH is 1. The van der Waals surface area contributed by atoms with E-state index in [2.05, 4.69) is 12.7 Å². The highest BCUT2D eigenvalue weighted by molar-refractivity contribution is 6.30. The van der Waals surface area contributed by atoms with Crippen molar-refractivity contribution in [2.24, 2.45) is 0 Å². The molecule has 1 aromatic carbocycles. The molecule has 0 aromatic heterocycles. The summed E-state index contributed by atoms with van der Waals surface area (Å²) in [6.07, 6.45) is 11.1. The molecular formula is C16H17ClO. The van der Waals surface area contributed by atoms with Gasteiger partial charge in [0.05, 0.1) is 6.10 Å². The van der Waals surface area contributed by atoms with Crippen LogP contribution in [0.15, 0.2) is 55.2 Å². The van der Waals surface area contributed by atoms with Crippen LogP contribution >= 0.6 is 11.6 Å². The zero-order valence-corrected chi connectivity index (χ0v) is 11.0. The Morgan fingerprint density at radius 3 is 2.89 bits per heavy atom. The minimum Gasteiger partial charge on any atom is -0.388 e. The number of fused-ring (bicyclic) bond motifs is 1. The fourth-order valence-electron chi connectivity index (χ4n) is 2.42. The van der Waals surface area contributed by atoms with Crippen LogP contribution in [0, 0.1) is 0 Å². The van der Waals surface area contributed by atoms with Crippen LogP contribution in [0.2, 0.25) is 5.02 Å². The van der Waals surface area contributed by atoms with Gasteiger partial charge in [-0.2, -0.15) is 0 Å². The van der Waals surface area contributed by atoms with Crippen LogP contribution < -0.4 is 0 Å². The van der Waals surface area contributed by atoms with E-state index in [-0.39, 0.29) is 6.10 Å². The highest BCUT2D eigenvalue weighted by Crippen LogP contribution is 2.43. The van der Waals surface area contributed by atoms with Gasteiger partial charge in [0.25, 0.3) is 0 Å². The summed E-state index contributed by atoms with van der Waals surface area (Å²) in [4.78, 5) is 0. The molecule has 0 amide bonds. The largest absolute Gasteiger partial charge is 0.388 e. The zero-order chi connectivity index (χ0) is 13.0. The molecule has 0 heterocycles. The van der Waals surface area contributed by atoms with Crippen LogP contribution in [-0.2, 0) is 0 Å². The second-order valence-electron chi connectivity index (χ2n) is 4.51. The van der Waals surface area contributed by atoms with Gasteiger partial charge in [0.15, 0.2) is 0 Å². The average molecular weight is 261 g/mol. The number of hydrogen-bond acceptors (Lipinski definition) is 1.